The molecule has 4 heterocycles. The van der Waals surface area contributed by atoms with E-state index in [1.54, 1.807) is 0 Å². The van der Waals surface area contributed by atoms with Crippen molar-refractivity contribution in [2.45, 2.75) is 57.4 Å². The van der Waals surface area contributed by atoms with Crippen molar-refractivity contribution in [3.63, 3.8) is 0 Å². The molecule has 1 aromatic heterocycles. The number of rotatable bonds is 6. The molecule has 0 aromatic carbocycles. The van der Waals surface area contributed by atoms with E-state index in [-0.39, 0.29) is 24.0 Å². The molecule has 0 aliphatic carbocycles. The number of hydrogen-bond acceptors (Lipinski definition) is 5. The fraction of sp³-hybridized carbons (Fsp3) is 0.750. The minimum Gasteiger partial charge on any atom is -0.379 e. The molecule has 3 fully saturated rings. The lowest BCUT2D eigenvalue weighted by Gasteiger charge is -2.33. The van der Waals surface area contributed by atoms with E-state index in [2.05, 4.69) is 41.5 Å². The van der Waals surface area contributed by atoms with E-state index in [4.69, 9.17) is 14.5 Å². The van der Waals surface area contributed by atoms with E-state index >= 15 is 0 Å². The van der Waals surface area contributed by atoms with Gasteiger partial charge in [0.05, 0.1) is 44.1 Å². The Morgan fingerprint density at radius 3 is 2.75 bits per heavy atom. The molecule has 0 amide bonds. The third kappa shape index (κ3) is 5.38. The molecule has 4 unspecified atom stereocenters. The predicted octanol–water partition coefficient (Wildman–Crippen LogP) is 2.92. The summed E-state index contributed by atoms with van der Waals surface area (Å²) in [5.41, 5.74) is 0. The van der Waals surface area contributed by atoms with E-state index in [0.717, 1.165) is 51.8 Å². The van der Waals surface area contributed by atoms with Gasteiger partial charge in [0.15, 0.2) is 5.96 Å². The number of fused-ring (bicyclic) bond motifs is 2. The van der Waals surface area contributed by atoms with E-state index in [1.807, 2.05) is 11.3 Å². The van der Waals surface area contributed by atoms with Gasteiger partial charge in [0, 0.05) is 29.4 Å². The maximum atomic E-state index is 5.99. The van der Waals surface area contributed by atoms with Crippen LogP contribution in [0.4, 0.5) is 0 Å². The van der Waals surface area contributed by atoms with Gasteiger partial charge in [0.2, 0.25) is 0 Å². The summed E-state index contributed by atoms with van der Waals surface area (Å²) in [4.78, 5) is 10.3. The summed E-state index contributed by atoms with van der Waals surface area (Å²) in [5, 5.41) is 7.06. The molecule has 0 saturated carbocycles. The molecule has 4 rings (SSSR count). The van der Waals surface area contributed by atoms with E-state index < -0.39 is 0 Å². The Bertz CT molecular complexity index is 650. The Balaban J connectivity index is 0.00000225. The highest BCUT2D eigenvalue weighted by atomic mass is 127. The summed E-state index contributed by atoms with van der Waals surface area (Å²) >= 11 is 1.88. The zero-order valence-electron chi connectivity index (χ0n) is 16.9. The summed E-state index contributed by atoms with van der Waals surface area (Å²) in [6.07, 6.45) is 4.30. The van der Waals surface area contributed by atoms with Crippen molar-refractivity contribution in [1.29, 1.82) is 0 Å². The van der Waals surface area contributed by atoms with Crippen molar-refractivity contribution in [3.8, 4) is 0 Å². The minimum atomic E-state index is 0. The van der Waals surface area contributed by atoms with E-state index in [0.29, 0.717) is 24.3 Å². The highest BCUT2D eigenvalue weighted by Crippen LogP contribution is 2.34. The second kappa shape index (κ2) is 10.6. The summed E-state index contributed by atoms with van der Waals surface area (Å²) in [5.74, 6) is 0.921. The van der Waals surface area contributed by atoms with Gasteiger partial charge in [-0.1, -0.05) is 0 Å². The maximum Gasteiger partial charge on any atom is 0.191 e. The van der Waals surface area contributed by atoms with Crippen molar-refractivity contribution in [2.75, 3.05) is 39.4 Å². The van der Waals surface area contributed by atoms with Crippen LogP contribution in [-0.4, -0.2) is 68.5 Å². The number of morpholine rings is 1. The molecule has 28 heavy (non-hydrogen) atoms. The average Bonchev–Trinajstić information content (AvgIpc) is 3.40. The van der Waals surface area contributed by atoms with Crippen LogP contribution in [0, 0.1) is 6.92 Å². The molecule has 4 atom stereocenters. The molecule has 158 valence electrons. The van der Waals surface area contributed by atoms with Crippen molar-refractivity contribution in [1.82, 2.24) is 15.5 Å². The van der Waals surface area contributed by atoms with Crippen LogP contribution in [0.5, 0.6) is 0 Å². The second-order valence-electron chi connectivity index (χ2n) is 7.69. The first kappa shape index (κ1) is 22.3. The fourth-order valence-corrected chi connectivity index (χ4v) is 5.37. The topological polar surface area (TPSA) is 58.1 Å². The summed E-state index contributed by atoms with van der Waals surface area (Å²) in [6, 6.07) is 5.19. The average molecular weight is 520 g/mol. The molecule has 8 heteroatoms. The Labute approximate surface area is 189 Å². The Kier molecular flexibility index (Phi) is 8.40. The van der Waals surface area contributed by atoms with Gasteiger partial charge in [-0.25, -0.2) is 0 Å². The summed E-state index contributed by atoms with van der Waals surface area (Å²) < 4.78 is 11.6. The number of halogens is 1. The monoisotopic (exact) mass is 520 g/mol. The number of ether oxygens (including phenoxy) is 2. The SMILES string of the molecule is CCNC(=NCC(c1ccc(C)s1)N1CCOCC1)NC1CC2CCC1O2.I. The molecule has 2 N–H and O–H groups in total. The highest BCUT2D eigenvalue weighted by molar-refractivity contribution is 14.0. The third-order valence-corrected chi connectivity index (χ3v) is 6.87. The number of nitrogens with one attached hydrogen (secondary N) is 2. The van der Waals surface area contributed by atoms with Crippen LogP contribution in [-0.2, 0) is 9.47 Å². The van der Waals surface area contributed by atoms with Gasteiger partial charge in [-0.3, -0.25) is 9.89 Å². The lowest BCUT2D eigenvalue weighted by Crippen LogP contribution is -2.48. The van der Waals surface area contributed by atoms with Gasteiger partial charge in [0.25, 0.3) is 0 Å². The van der Waals surface area contributed by atoms with Crippen molar-refractivity contribution in [2.24, 2.45) is 4.99 Å². The standard InChI is InChI=1S/C20H32N4O2S.HI/c1-3-21-20(23-16-12-15-5-6-18(16)26-15)22-13-17(19-7-4-14(2)27-19)24-8-10-25-11-9-24;/h4,7,15-18H,3,5-6,8-13H2,1-2H3,(H2,21,22,23);1H. The van der Waals surface area contributed by atoms with Crippen LogP contribution in [0.1, 0.15) is 42.0 Å². The first-order valence-electron chi connectivity index (χ1n) is 10.3. The van der Waals surface area contributed by atoms with Gasteiger partial charge in [0.1, 0.15) is 0 Å². The van der Waals surface area contributed by atoms with Gasteiger partial charge in [-0.2, -0.15) is 0 Å². The van der Waals surface area contributed by atoms with E-state index in [1.165, 1.54) is 22.6 Å². The first-order chi connectivity index (χ1) is 13.2. The summed E-state index contributed by atoms with van der Waals surface area (Å²) in [6.45, 7) is 9.50. The Morgan fingerprint density at radius 1 is 1.32 bits per heavy atom. The largest absolute Gasteiger partial charge is 0.379 e. The molecular formula is C20H33IN4O2S. The molecule has 0 radical (unpaired) electrons. The number of aryl methyl sites for hydroxylation is 1. The van der Waals surface area contributed by atoms with Crippen LogP contribution < -0.4 is 10.6 Å². The lowest BCUT2D eigenvalue weighted by molar-refractivity contribution is 0.0186. The molecule has 2 bridgehead atoms. The molecule has 3 aliphatic rings. The molecule has 1 aromatic rings. The number of guanidine groups is 1. The van der Waals surface area contributed by atoms with Crippen LogP contribution in [0.15, 0.2) is 17.1 Å². The van der Waals surface area contributed by atoms with Crippen LogP contribution in [0.25, 0.3) is 0 Å². The Hall–Kier alpha value is -0.420. The fourth-order valence-electron chi connectivity index (χ4n) is 4.37. The Morgan fingerprint density at radius 2 is 2.14 bits per heavy atom. The number of hydrogen-bond donors (Lipinski definition) is 2. The molecule has 6 nitrogen and oxygen atoms in total. The molecular weight excluding hydrogens is 487 g/mol. The number of aliphatic imine (C=N–C) groups is 1. The summed E-state index contributed by atoms with van der Waals surface area (Å²) in [7, 11) is 0. The van der Waals surface area contributed by atoms with Crippen LogP contribution >= 0.6 is 35.3 Å². The van der Waals surface area contributed by atoms with Gasteiger partial charge >= 0.3 is 0 Å². The van der Waals surface area contributed by atoms with Gasteiger partial charge in [-0.05, 0) is 45.2 Å². The predicted molar refractivity (Wildman–Crippen MR) is 125 cm³/mol. The van der Waals surface area contributed by atoms with Crippen LogP contribution in [0.2, 0.25) is 0 Å². The zero-order valence-corrected chi connectivity index (χ0v) is 20.0. The number of thiophene rings is 1. The normalized spacial score (nSPS) is 28.8. The third-order valence-electron chi connectivity index (χ3n) is 5.77. The van der Waals surface area contributed by atoms with Crippen molar-refractivity contribution >= 4 is 41.3 Å². The van der Waals surface area contributed by atoms with Crippen molar-refractivity contribution in [3.05, 3.63) is 21.9 Å². The van der Waals surface area contributed by atoms with Crippen molar-refractivity contribution < 1.29 is 9.47 Å². The van der Waals surface area contributed by atoms with Gasteiger partial charge < -0.3 is 20.1 Å². The molecule has 3 aliphatic heterocycles. The smallest absolute Gasteiger partial charge is 0.191 e. The lowest BCUT2D eigenvalue weighted by atomic mass is 9.96. The zero-order chi connectivity index (χ0) is 18.6. The van der Waals surface area contributed by atoms with Gasteiger partial charge in [-0.15, -0.1) is 35.3 Å². The first-order valence-corrected chi connectivity index (χ1v) is 11.1. The quantitative estimate of drug-likeness (QED) is 0.343. The molecule has 0 spiro atoms. The van der Waals surface area contributed by atoms with Crippen LogP contribution in [0.3, 0.4) is 0 Å². The second-order valence-corrected chi connectivity index (χ2v) is 9.01. The minimum absolute atomic E-state index is 0. The molecule has 3 saturated heterocycles. The number of nitrogens with zero attached hydrogens (tertiary/aromatic N) is 2. The highest BCUT2D eigenvalue weighted by Gasteiger charge is 2.41. The van der Waals surface area contributed by atoms with E-state index in [9.17, 15) is 0 Å². The maximum absolute atomic E-state index is 5.99.